The molecule has 3 aromatic rings. The van der Waals surface area contributed by atoms with E-state index >= 15 is 0 Å². The summed E-state index contributed by atoms with van der Waals surface area (Å²) in [7, 11) is 0. The third-order valence-electron chi connectivity index (χ3n) is 3.38. The monoisotopic (exact) mass is 346 g/mol. The number of rotatable bonds is 3. The van der Waals surface area contributed by atoms with Crippen LogP contribution in [0.1, 0.15) is 12.5 Å². The number of carbonyl (C=O) groups is 1. The summed E-state index contributed by atoms with van der Waals surface area (Å²) in [6.07, 6.45) is 0. The van der Waals surface area contributed by atoms with Crippen LogP contribution >= 0.6 is 0 Å². The molecule has 0 fully saturated rings. The molecule has 0 saturated carbocycles. The van der Waals surface area contributed by atoms with Crippen LogP contribution in [0.3, 0.4) is 0 Å². The summed E-state index contributed by atoms with van der Waals surface area (Å²) < 4.78 is 8.65. The first-order valence-electron chi connectivity index (χ1n) is 6.46. The maximum absolute atomic E-state index is 12.5. The van der Waals surface area contributed by atoms with Gasteiger partial charge in [0.05, 0.1) is 0 Å². The van der Waals surface area contributed by atoms with E-state index in [1.54, 1.807) is 6.92 Å². The van der Waals surface area contributed by atoms with Gasteiger partial charge in [-0.3, -0.25) is 0 Å². The summed E-state index contributed by atoms with van der Waals surface area (Å²) in [4.78, 5) is 12.5. The number of benzene rings is 2. The van der Waals surface area contributed by atoms with Crippen LogP contribution in [0.5, 0.6) is 0 Å². The fourth-order valence-electron chi connectivity index (χ4n) is 2.07. The molecule has 3 rings (SSSR count). The number of nitrogens with zero attached hydrogens (tertiary/aromatic N) is 2. The normalized spacial score (nSPS) is 13.8. The predicted molar refractivity (Wildman–Crippen MR) is 83.1 cm³/mol. The zero-order chi connectivity index (χ0) is 14.9. The van der Waals surface area contributed by atoms with Gasteiger partial charge in [0.15, 0.2) is 0 Å². The van der Waals surface area contributed by atoms with Gasteiger partial charge in [0.1, 0.15) is 0 Å². The Labute approximate surface area is 128 Å². The topological polar surface area (TPSA) is 80.9 Å². The van der Waals surface area contributed by atoms with E-state index in [0.29, 0.717) is 5.69 Å². The van der Waals surface area contributed by atoms with E-state index in [9.17, 15) is 4.79 Å². The second-order valence-corrected chi connectivity index (χ2v) is 6.07. The molecule has 5 nitrogen and oxygen atoms in total. The van der Waals surface area contributed by atoms with Crippen LogP contribution < -0.4 is 11.1 Å². The molecule has 21 heavy (non-hydrogen) atoms. The Morgan fingerprint density at radius 1 is 1.14 bits per heavy atom. The SMILES string of the molecule is CC(N)(C(=O)Nc1cccc2n[se]nc12)c1ccccc1. The molecular weight excluding hydrogens is 331 g/mol. The van der Waals surface area contributed by atoms with E-state index in [2.05, 4.69) is 13.3 Å². The van der Waals surface area contributed by atoms with Crippen LogP contribution in [0.4, 0.5) is 5.69 Å². The molecule has 2 aromatic carbocycles. The molecule has 1 amide bonds. The van der Waals surface area contributed by atoms with Gasteiger partial charge in [-0.1, -0.05) is 0 Å². The molecule has 1 unspecified atom stereocenters. The van der Waals surface area contributed by atoms with Crippen molar-refractivity contribution in [3.63, 3.8) is 0 Å². The molecule has 6 heteroatoms. The minimum atomic E-state index is -1.11. The number of carbonyl (C=O) groups excluding carboxylic acids is 1. The molecule has 0 saturated heterocycles. The third-order valence-corrected chi connectivity index (χ3v) is 4.52. The van der Waals surface area contributed by atoms with Gasteiger partial charge < -0.3 is 0 Å². The Morgan fingerprint density at radius 2 is 1.90 bits per heavy atom. The fourth-order valence-corrected chi connectivity index (χ4v) is 3.23. The van der Waals surface area contributed by atoms with Gasteiger partial charge in [-0.05, 0) is 0 Å². The first-order chi connectivity index (χ1) is 10.1. The van der Waals surface area contributed by atoms with Crippen molar-refractivity contribution in [1.82, 2.24) is 7.96 Å². The number of hydrogen-bond acceptors (Lipinski definition) is 4. The van der Waals surface area contributed by atoms with Gasteiger partial charge in [-0.15, -0.1) is 0 Å². The van der Waals surface area contributed by atoms with Gasteiger partial charge in [-0.25, -0.2) is 0 Å². The van der Waals surface area contributed by atoms with Crippen molar-refractivity contribution in [3.05, 3.63) is 54.1 Å². The minimum absolute atomic E-state index is 0.130. The molecule has 3 N–H and O–H groups in total. The van der Waals surface area contributed by atoms with Gasteiger partial charge in [-0.2, -0.15) is 0 Å². The Bertz CT molecular complexity index is 782. The van der Waals surface area contributed by atoms with Crippen molar-refractivity contribution in [2.45, 2.75) is 12.5 Å². The van der Waals surface area contributed by atoms with Gasteiger partial charge >= 0.3 is 128 Å². The van der Waals surface area contributed by atoms with Crippen molar-refractivity contribution < 1.29 is 4.79 Å². The molecule has 0 bridgehead atoms. The van der Waals surface area contributed by atoms with Crippen LogP contribution in [0, 0.1) is 0 Å². The zero-order valence-electron chi connectivity index (χ0n) is 11.4. The van der Waals surface area contributed by atoms with Crippen molar-refractivity contribution in [2.75, 3.05) is 5.32 Å². The molecule has 1 aromatic heterocycles. The van der Waals surface area contributed by atoms with Gasteiger partial charge in [0, 0.05) is 0 Å². The van der Waals surface area contributed by atoms with E-state index in [1.165, 1.54) is 0 Å². The van der Waals surface area contributed by atoms with E-state index in [-0.39, 0.29) is 20.9 Å². The van der Waals surface area contributed by atoms with Crippen LogP contribution in [0.25, 0.3) is 11.0 Å². The number of aromatic nitrogens is 2. The molecule has 1 atom stereocenters. The Kier molecular flexibility index (Phi) is 3.59. The van der Waals surface area contributed by atoms with Gasteiger partial charge in [0.25, 0.3) is 0 Å². The van der Waals surface area contributed by atoms with Crippen molar-refractivity contribution in [1.29, 1.82) is 0 Å². The van der Waals surface area contributed by atoms with E-state index in [0.717, 1.165) is 16.6 Å². The van der Waals surface area contributed by atoms with E-state index in [1.807, 2.05) is 48.5 Å². The average molecular weight is 345 g/mol. The molecule has 0 aliphatic heterocycles. The number of anilines is 1. The second-order valence-electron chi connectivity index (χ2n) is 4.96. The Balaban J connectivity index is 1.91. The Morgan fingerprint density at radius 3 is 2.67 bits per heavy atom. The van der Waals surface area contributed by atoms with Gasteiger partial charge in [0.2, 0.25) is 0 Å². The quantitative estimate of drug-likeness (QED) is 0.705. The molecule has 0 aliphatic rings. The van der Waals surface area contributed by atoms with E-state index < -0.39 is 5.54 Å². The van der Waals surface area contributed by atoms with Crippen LogP contribution in [0.15, 0.2) is 48.5 Å². The molecule has 0 aliphatic carbocycles. The number of hydrogen-bond donors (Lipinski definition) is 2. The predicted octanol–water partition coefficient (Wildman–Crippen LogP) is 1.50. The Hall–Kier alpha value is -2.01. The second kappa shape index (κ2) is 5.41. The van der Waals surface area contributed by atoms with Crippen molar-refractivity contribution >= 4 is 37.6 Å². The standard InChI is InChI=1S/C15H14N4OSe/c1-15(16,10-6-3-2-4-7-10)14(20)17-11-8-5-9-12-13(11)19-21-18-12/h2-9H,16H2,1H3,(H,17,20). The zero-order valence-corrected chi connectivity index (χ0v) is 13.1. The number of fused-ring (bicyclic) bond motifs is 1. The summed E-state index contributed by atoms with van der Waals surface area (Å²) in [5.41, 5.74) is 8.10. The molecule has 0 radical (unpaired) electrons. The summed E-state index contributed by atoms with van der Waals surface area (Å²) in [6, 6.07) is 14.9. The molecular formula is C15H14N4OSe. The molecule has 106 valence electrons. The summed E-state index contributed by atoms with van der Waals surface area (Å²) >= 11 is -0.130. The fraction of sp³-hybridized carbons (Fsp3) is 0.133. The first-order valence-corrected chi connectivity index (χ1v) is 7.99. The van der Waals surface area contributed by atoms with Crippen LogP contribution in [0.2, 0.25) is 0 Å². The number of amides is 1. The van der Waals surface area contributed by atoms with E-state index in [4.69, 9.17) is 5.73 Å². The summed E-state index contributed by atoms with van der Waals surface area (Å²) in [5.74, 6) is -0.267. The summed E-state index contributed by atoms with van der Waals surface area (Å²) in [6.45, 7) is 1.70. The number of nitrogens with two attached hydrogens (primary N) is 1. The third kappa shape index (κ3) is 2.61. The average Bonchev–Trinajstić information content (AvgIpc) is 2.97. The van der Waals surface area contributed by atoms with Crippen molar-refractivity contribution in [2.24, 2.45) is 5.73 Å². The maximum atomic E-state index is 12.5. The molecule has 0 spiro atoms. The first kappa shape index (κ1) is 13.9. The van der Waals surface area contributed by atoms with Crippen LogP contribution in [-0.2, 0) is 10.3 Å². The van der Waals surface area contributed by atoms with Crippen molar-refractivity contribution in [3.8, 4) is 0 Å². The van der Waals surface area contributed by atoms with Crippen LogP contribution in [-0.4, -0.2) is 28.8 Å². The number of nitrogens with one attached hydrogen (secondary N) is 1. The molecule has 1 heterocycles. The summed E-state index contributed by atoms with van der Waals surface area (Å²) in [5, 5.41) is 2.87.